The molecule has 1 aromatic rings. The number of amides is 1. The molecule has 1 aromatic carbocycles. The van der Waals surface area contributed by atoms with E-state index in [4.69, 9.17) is 0 Å². The van der Waals surface area contributed by atoms with Gasteiger partial charge in [-0.2, -0.15) is 0 Å². The zero-order valence-corrected chi connectivity index (χ0v) is 16.5. The molecule has 4 rings (SSSR count). The Kier molecular flexibility index (Phi) is 5.56. The van der Waals surface area contributed by atoms with Crippen LogP contribution in [0.4, 0.5) is 0 Å². The fourth-order valence-corrected chi connectivity index (χ4v) is 5.80. The lowest BCUT2D eigenvalue weighted by atomic mass is 9.75. The third-order valence-electron chi connectivity index (χ3n) is 7.25. The number of piperidine rings is 1. The first-order chi connectivity index (χ1) is 13.2. The van der Waals surface area contributed by atoms with Gasteiger partial charge in [0.15, 0.2) is 0 Å². The van der Waals surface area contributed by atoms with Crippen LogP contribution in [-0.2, 0) is 11.2 Å². The maximum Gasteiger partial charge on any atom is 0.243 e. The van der Waals surface area contributed by atoms with Crippen LogP contribution in [0, 0.1) is 5.41 Å². The van der Waals surface area contributed by atoms with Crippen LogP contribution in [0.2, 0.25) is 0 Å². The van der Waals surface area contributed by atoms with E-state index in [2.05, 4.69) is 34.1 Å². The van der Waals surface area contributed by atoms with Crippen LogP contribution in [0.25, 0.3) is 0 Å². The Morgan fingerprint density at radius 3 is 2.30 bits per heavy atom. The first-order valence-electron chi connectivity index (χ1n) is 10.9. The summed E-state index contributed by atoms with van der Waals surface area (Å²) in [6.07, 6.45) is 9.68. The Morgan fingerprint density at radius 1 is 0.926 bits per heavy atom. The number of nitrogens with zero attached hydrogens (tertiary/aromatic N) is 2. The molecule has 2 aliphatic heterocycles. The SMILES string of the molecule is O=C(N1CCCC(CO)(Cc2ccccc2)C1)C1(N2CCCC2)CCCC1. The van der Waals surface area contributed by atoms with Gasteiger partial charge in [0.1, 0.15) is 5.54 Å². The van der Waals surface area contributed by atoms with Crippen molar-refractivity contribution in [3.63, 3.8) is 0 Å². The van der Waals surface area contributed by atoms with E-state index in [1.807, 2.05) is 6.07 Å². The van der Waals surface area contributed by atoms with Gasteiger partial charge in [-0.1, -0.05) is 43.2 Å². The van der Waals surface area contributed by atoms with Crippen LogP contribution in [0.5, 0.6) is 0 Å². The van der Waals surface area contributed by atoms with Crippen LogP contribution >= 0.6 is 0 Å². The average molecular weight is 371 g/mol. The van der Waals surface area contributed by atoms with E-state index in [1.54, 1.807) is 0 Å². The van der Waals surface area contributed by atoms with Crippen molar-refractivity contribution in [1.82, 2.24) is 9.80 Å². The highest BCUT2D eigenvalue weighted by Crippen LogP contribution is 2.41. The number of rotatable bonds is 5. The Morgan fingerprint density at radius 2 is 1.63 bits per heavy atom. The van der Waals surface area contributed by atoms with Crippen molar-refractivity contribution in [3.8, 4) is 0 Å². The van der Waals surface area contributed by atoms with Crippen LogP contribution in [0.3, 0.4) is 0 Å². The van der Waals surface area contributed by atoms with E-state index >= 15 is 0 Å². The minimum Gasteiger partial charge on any atom is -0.396 e. The Hall–Kier alpha value is -1.39. The molecule has 1 unspecified atom stereocenters. The van der Waals surface area contributed by atoms with Gasteiger partial charge in [0.25, 0.3) is 0 Å². The van der Waals surface area contributed by atoms with Crippen molar-refractivity contribution in [1.29, 1.82) is 0 Å². The summed E-state index contributed by atoms with van der Waals surface area (Å²) in [4.78, 5) is 18.4. The smallest absolute Gasteiger partial charge is 0.243 e. The van der Waals surface area contributed by atoms with Gasteiger partial charge in [-0.3, -0.25) is 9.69 Å². The molecule has 0 aromatic heterocycles. The van der Waals surface area contributed by atoms with Gasteiger partial charge in [0, 0.05) is 18.5 Å². The van der Waals surface area contributed by atoms with Crippen LogP contribution < -0.4 is 0 Å². The fraction of sp³-hybridized carbons (Fsp3) is 0.696. The predicted molar refractivity (Wildman–Crippen MR) is 107 cm³/mol. The normalized spacial score (nSPS) is 28.6. The Bertz CT molecular complexity index is 635. The summed E-state index contributed by atoms with van der Waals surface area (Å²) in [5, 5.41) is 10.3. The molecular formula is C23H34N2O2. The van der Waals surface area contributed by atoms with E-state index in [-0.39, 0.29) is 17.6 Å². The molecule has 3 aliphatic rings. The molecule has 2 saturated heterocycles. The molecule has 0 radical (unpaired) electrons. The maximum atomic E-state index is 13.8. The maximum absolute atomic E-state index is 13.8. The van der Waals surface area contributed by atoms with Crippen molar-refractivity contribution in [2.75, 3.05) is 32.8 Å². The summed E-state index contributed by atoms with van der Waals surface area (Å²) >= 11 is 0. The number of carbonyl (C=O) groups excluding carboxylic acids is 1. The monoisotopic (exact) mass is 370 g/mol. The lowest BCUT2D eigenvalue weighted by Crippen LogP contribution is -2.60. The van der Waals surface area contributed by atoms with Gasteiger partial charge >= 0.3 is 0 Å². The molecule has 4 heteroatoms. The van der Waals surface area contributed by atoms with Crippen LogP contribution in [0.15, 0.2) is 30.3 Å². The molecule has 1 N–H and O–H groups in total. The summed E-state index contributed by atoms with van der Waals surface area (Å²) in [6, 6.07) is 10.4. The molecule has 27 heavy (non-hydrogen) atoms. The lowest BCUT2D eigenvalue weighted by molar-refractivity contribution is -0.148. The van der Waals surface area contributed by atoms with Gasteiger partial charge in [-0.05, 0) is 63.6 Å². The first kappa shape index (κ1) is 18.9. The van der Waals surface area contributed by atoms with Crippen molar-refractivity contribution < 1.29 is 9.90 Å². The van der Waals surface area contributed by atoms with Gasteiger partial charge in [0.05, 0.1) is 6.61 Å². The number of aliphatic hydroxyl groups is 1. The third kappa shape index (κ3) is 3.66. The summed E-state index contributed by atoms with van der Waals surface area (Å²) in [5.74, 6) is 0.354. The highest BCUT2D eigenvalue weighted by atomic mass is 16.3. The minimum atomic E-state index is -0.248. The molecular weight excluding hydrogens is 336 g/mol. The van der Waals surface area contributed by atoms with Gasteiger partial charge < -0.3 is 10.0 Å². The molecule has 1 atom stereocenters. The highest BCUT2D eigenvalue weighted by Gasteiger charge is 2.50. The number of hydrogen-bond donors (Lipinski definition) is 1. The topological polar surface area (TPSA) is 43.8 Å². The molecule has 1 saturated carbocycles. The molecule has 4 nitrogen and oxygen atoms in total. The largest absolute Gasteiger partial charge is 0.396 e. The van der Waals surface area contributed by atoms with Crippen molar-refractivity contribution in [2.45, 2.75) is 63.3 Å². The van der Waals surface area contributed by atoms with Crippen molar-refractivity contribution in [3.05, 3.63) is 35.9 Å². The summed E-state index contributed by atoms with van der Waals surface area (Å²) < 4.78 is 0. The molecule has 148 valence electrons. The standard InChI is InChI=1S/C23H34N2O2/c26-19-22(17-20-9-2-1-3-10-20)11-8-14-24(18-22)21(27)23(12-4-5-13-23)25-15-6-7-16-25/h1-3,9-10,26H,4-8,11-19H2. The zero-order valence-electron chi connectivity index (χ0n) is 16.5. The second-order valence-corrected chi connectivity index (χ2v) is 9.08. The van der Waals surface area contributed by atoms with Crippen molar-refractivity contribution >= 4 is 5.91 Å². The number of aliphatic hydroxyl groups excluding tert-OH is 1. The summed E-state index contributed by atoms with van der Waals surface area (Å²) in [6.45, 7) is 3.86. The third-order valence-corrected chi connectivity index (χ3v) is 7.25. The second kappa shape index (κ2) is 7.92. The number of benzene rings is 1. The van der Waals surface area contributed by atoms with E-state index in [1.165, 1.54) is 31.2 Å². The van der Waals surface area contributed by atoms with Crippen LogP contribution in [-0.4, -0.2) is 59.1 Å². The molecule has 0 bridgehead atoms. The number of likely N-dealkylation sites (tertiary alicyclic amines) is 2. The average Bonchev–Trinajstić information content (AvgIpc) is 3.41. The van der Waals surface area contributed by atoms with Crippen molar-refractivity contribution in [2.24, 2.45) is 5.41 Å². The van der Waals surface area contributed by atoms with Gasteiger partial charge in [-0.15, -0.1) is 0 Å². The number of carbonyl (C=O) groups is 1. The Labute approximate surface area is 163 Å². The quantitative estimate of drug-likeness (QED) is 0.865. The van der Waals surface area contributed by atoms with E-state index in [0.717, 1.165) is 51.7 Å². The molecule has 1 amide bonds. The zero-order chi connectivity index (χ0) is 18.7. The Balaban J connectivity index is 1.53. The highest BCUT2D eigenvalue weighted by molar-refractivity contribution is 5.87. The van der Waals surface area contributed by atoms with E-state index < -0.39 is 0 Å². The fourth-order valence-electron chi connectivity index (χ4n) is 5.80. The van der Waals surface area contributed by atoms with E-state index in [9.17, 15) is 9.90 Å². The first-order valence-corrected chi connectivity index (χ1v) is 10.9. The summed E-state index contributed by atoms with van der Waals surface area (Å²) in [7, 11) is 0. The molecule has 2 heterocycles. The lowest BCUT2D eigenvalue weighted by Gasteiger charge is -2.47. The van der Waals surface area contributed by atoms with Gasteiger partial charge in [-0.25, -0.2) is 0 Å². The van der Waals surface area contributed by atoms with E-state index in [0.29, 0.717) is 12.5 Å². The van der Waals surface area contributed by atoms with Crippen LogP contribution in [0.1, 0.15) is 56.9 Å². The summed E-state index contributed by atoms with van der Waals surface area (Å²) in [5.41, 5.74) is 0.818. The molecule has 0 spiro atoms. The minimum absolute atomic E-state index is 0.155. The second-order valence-electron chi connectivity index (χ2n) is 9.08. The predicted octanol–water partition coefficient (Wildman–Crippen LogP) is 3.24. The molecule has 3 fully saturated rings. The number of hydrogen-bond acceptors (Lipinski definition) is 3. The molecule has 1 aliphatic carbocycles. The van der Waals surface area contributed by atoms with Gasteiger partial charge in [0.2, 0.25) is 5.91 Å².